The van der Waals surface area contributed by atoms with E-state index < -0.39 is 0 Å². The van der Waals surface area contributed by atoms with Crippen molar-refractivity contribution < 1.29 is 4.74 Å². The molecular formula is C14H21NO. The van der Waals surface area contributed by atoms with E-state index in [-0.39, 0.29) is 0 Å². The number of hydrogen-bond acceptors (Lipinski definition) is 2. The Morgan fingerprint density at radius 1 is 1.44 bits per heavy atom. The summed E-state index contributed by atoms with van der Waals surface area (Å²) in [6, 6.07) is 4.00. The van der Waals surface area contributed by atoms with Crippen molar-refractivity contribution in [2.75, 3.05) is 6.61 Å². The Morgan fingerprint density at radius 3 is 2.81 bits per heavy atom. The van der Waals surface area contributed by atoms with Crippen molar-refractivity contribution in [1.29, 1.82) is 0 Å². The van der Waals surface area contributed by atoms with Gasteiger partial charge < -0.3 is 4.74 Å². The van der Waals surface area contributed by atoms with Gasteiger partial charge in [-0.1, -0.05) is 26.3 Å². The van der Waals surface area contributed by atoms with E-state index in [1.165, 1.54) is 24.8 Å². The fraction of sp³-hybridized carbons (Fsp3) is 0.643. The van der Waals surface area contributed by atoms with Crippen molar-refractivity contribution in [3.8, 4) is 5.88 Å². The maximum Gasteiger partial charge on any atom is 0.213 e. The second-order valence-corrected chi connectivity index (χ2v) is 5.56. The van der Waals surface area contributed by atoms with Gasteiger partial charge >= 0.3 is 0 Å². The Hall–Kier alpha value is -1.05. The first-order valence-electron chi connectivity index (χ1n) is 6.13. The van der Waals surface area contributed by atoms with Crippen LogP contribution in [0.2, 0.25) is 0 Å². The summed E-state index contributed by atoms with van der Waals surface area (Å²) in [5, 5.41) is 0. The van der Waals surface area contributed by atoms with Crippen LogP contribution in [0.1, 0.15) is 38.7 Å². The van der Waals surface area contributed by atoms with Crippen LogP contribution >= 0.6 is 0 Å². The molecule has 1 fully saturated rings. The average molecular weight is 219 g/mol. The molecule has 2 rings (SSSR count). The Morgan fingerprint density at radius 2 is 2.25 bits per heavy atom. The van der Waals surface area contributed by atoms with Gasteiger partial charge in [0.25, 0.3) is 0 Å². The van der Waals surface area contributed by atoms with Crippen molar-refractivity contribution in [3.63, 3.8) is 0 Å². The lowest BCUT2D eigenvalue weighted by atomic mass is 9.82. The molecule has 88 valence electrons. The van der Waals surface area contributed by atoms with Crippen molar-refractivity contribution in [2.24, 2.45) is 11.3 Å². The summed E-state index contributed by atoms with van der Waals surface area (Å²) in [6.07, 6.45) is 5.80. The minimum absolute atomic E-state index is 0.435. The van der Waals surface area contributed by atoms with Gasteiger partial charge in [0.05, 0.1) is 6.61 Å². The molecule has 1 aliphatic rings. The summed E-state index contributed by atoms with van der Waals surface area (Å²) >= 11 is 0. The molecule has 1 aromatic heterocycles. The highest BCUT2D eigenvalue weighted by Gasteiger charge is 2.34. The third-order valence-electron chi connectivity index (χ3n) is 3.80. The SMILES string of the molecule is Cc1ccc(OC[C@H]2CCCC2(C)C)nc1. The van der Waals surface area contributed by atoms with E-state index in [4.69, 9.17) is 4.74 Å². The quantitative estimate of drug-likeness (QED) is 0.775. The number of hydrogen-bond donors (Lipinski definition) is 0. The van der Waals surface area contributed by atoms with Crippen LogP contribution in [0, 0.1) is 18.3 Å². The molecule has 0 N–H and O–H groups in total. The minimum Gasteiger partial charge on any atom is -0.477 e. The van der Waals surface area contributed by atoms with Crippen molar-refractivity contribution in [2.45, 2.75) is 40.0 Å². The van der Waals surface area contributed by atoms with E-state index in [1.807, 2.05) is 25.3 Å². The lowest BCUT2D eigenvalue weighted by Crippen LogP contribution is -2.23. The molecule has 2 heteroatoms. The normalized spacial score (nSPS) is 23.3. The summed E-state index contributed by atoms with van der Waals surface area (Å²) in [5.74, 6) is 1.43. The lowest BCUT2D eigenvalue weighted by Gasteiger charge is -2.26. The summed E-state index contributed by atoms with van der Waals surface area (Å²) < 4.78 is 5.77. The molecule has 1 aromatic rings. The van der Waals surface area contributed by atoms with Crippen LogP contribution in [0.3, 0.4) is 0 Å². The molecule has 2 nitrogen and oxygen atoms in total. The number of aryl methyl sites for hydroxylation is 1. The summed E-state index contributed by atoms with van der Waals surface area (Å²) in [6.45, 7) is 7.53. The van der Waals surface area contributed by atoms with Crippen LogP contribution < -0.4 is 4.74 Å². The number of nitrogens with zero attached hydrogens (tertiary/aromatic N) is 1. The van der Waals surface area contributed by atoms with Crippen LogP contribution in [0.4, 0.5) is 0 Å². The van der Waals surface area contributed by atoms with Crippen LogP contribution in [-0.4, -0.2) is 11.6 Å². The van der Waals surface area contributed by atoms with E-state index in [1.54, 1.807) is 0 Å². The molecule has 0 amide bonds. The van der Waals surface area contributed by atoms with Gasteiger partial charge in [-0.25, -0.2) is 4.98 Å². The highest BCUT2D eigenvalue weighted by Crippen LogP contribution is 2.42. The van der Waals surface area contributed by atoms with Gasteiger partial charge in [-0.2, -0.15) is 0 Å². The van der Waals surface area contributed by atoms with E-state index in [2.05, 4.69) is 18.8 Å². The predicted molar refractivity (Wildman–Crippen MR) is 65.6 cm³/mol. The Balaban J connectivity index is 1.90. The van der Waals surface area contributed by atoms with Crippen molar-refractivity contribution in [3.05, 3.63) is 23.9 Å². The zero-order valence-electron chi connectivity index (χ0n) is 10.5. The van der Waals surface area contributed by atoms with E-state index in [0.29, 0.717) is 11.3 Å². The monoisotopic (exact) mass is 219 g/mol. The second-order valence-electron chi connectivity index (χ2n) is 5.56. The third-order valence-corrected chi connectivity index (χ3v) is 3.80. The van der Waals surface area contributed by atoms with Gasteiger partial charge in [0.1, 0.15) is 0 Å². The topological polar surface area (TPSA) is 22.1 Å². The molecule has 0 aromatic carbocycles. The lowest BCUT2D eigenvalue weighted by molar-refractivity contribution is 0.157. The molecule has 0 spiro atoms. The molecule has 1 heterocycles. The number of pyridine rings is 1. The van der Waals surface area contributed by atoms with Crippen molar-refractivity contribution >= 4 is 0 Å². The third kappa shape index (κ3) is 2.55. The standard InChI is InChI=1S/C14H21NO/c1-11-6-7-13(15-9-11)16-10-12-5-4-8-14(12,2)3/h6-7,9,12H,4-5,8,10H2,1-3H3/t12-/m1/s1. The molecule has 0 radical (unpaired) electrons. The molecule has 1 aliphatic carbocycles. The first-order valence-corrected chi connectivity index (χ1v) is 6.13. The van der Waals surface area contributed by atoms with Crippen LogP contribution in [-0.2, 0) is 0 Å². The number of aromatic nitrogens is 1. The van der Waals surface area contributed by atoms with Gasteiger partial charge in [-0.15, -0.1) is 0 Å². The first kappa shape index (κ1) is 11.4. The van der Waals surface area contributed by atoms with Gasteiger partial charge in [-0.05, 0) is 36.7 Å². The minimum atomic E-state index is 0.435. The van der Waals surface area contributed by atoms with Gasteiger partial charge in [-0.3, -0.25) is 0 Å². The smallest absolute Gasteiger partial charge is 0.213 e. The highest BCUT2D eigenvalue weighted by molar-refractivity contribution is 5.16. The largest absolute Gasteiger partial charge is 0.477 e. The molecule has 0 aliphatic heterocycles. The van der Waals surface area contributed by atoms with E-state index >= 15 is 0 Å². The summed E-state index contributed by atoms with van der Waals surface area (Å²) in [4.78, 5) is 4.26. The van der Waals surface area contributed by atoms with Crippen LogP contribution in [0.15, 0.2) is 18.3 Å². The second kappa shape index (κ2) is 4.44. The molecule has 0 bridgehead atoms. The molecule has 1 atom stereocenters. The van der Waals surface area contributed by atoms with Gasteiger partial charge in [0.2, 0.25) is 5.88 Å². The highest BCUT2D eigenvalue weighted by atomic mass is 16.5. The Bertz CT molecular complexity index is 342. The van der Waals surface area contributed by atoms with Crippen molar-refractivity contribution in [1.82, 2.24) is 4.98 Å². The number of rotatable bonds is 3. The maximum atomic E-state index is 5.77. The van der Waals surface area contributed by atoms with Gasteiger partial charge in [0, 0.05) is 12.3 Å². The van der Waals surface area contributed by atoms with Crippen LogP contribution in [0.25, 0.3) is 0 Å². The maximum absolute atomic E-state index is 5.77. The van der Waals surface area contributed by atoms with E-state index in [9.17, 15) is 0 Å². The number of ether oxygens (including phenoxy) is 1. The molecule has 0 saturated heterocycles. The molecular weight excluding hydrogens is 198 g/mol. The average Bonchev–Trinajstić information content (AvgIpc) is 2.57. The first-order chi connectivity index (χ1) is 7.58. The van der Waals surface area contributed by atoms with E-state index in [0.717, 1.165) is 12.5 Å². The summed E-state index contributed by atoms with van der Waals surface area (Å²) in [7, 11) is 0. The van der Waals surface area contributed by atoms with Gasteiger partial charge in [0.15, 0.2) is 0 Å². The fourth-order valence-corrected chi connectivity index (χ4v) is 2.43. The fourth-order valence-electron chi connectivity index (χ4n) is 2.43. The Kier molecular flexibility index (Phi) is 3.17. The van der Waals surface area contributed by atoms with Crippen LogP contribution in [0.5, 0.6) is 5.88 Å². The zero-order valence-corrected chi connectivity index (χ0v) is 10.5. The molecule has 1 saturated carbocycles. The molecule has 16 heavy (non-hydrogen) atoms. The predicted octanol–water partition coefficient (Wildman–Crippen LogP) is 3.60. The zero-order chi connectivity index (χ0) is 11.6. The molecule has 0 unspecified atom stereocenters. The summed E-state index contributed by atoms with van der Waals surface area (Å²) in [5.41, 5.74) is 1.61. The Labute approximate surface area is 98.0 Å².